The van der Waals surface area contributed by atoms with E-state index in [0.717, 1.165) is 11.3 Å². The zero-order valence-corrected chi connectivity index (χ0v) is 8.00. The summed E-state index contributed by atoms with van der Waals surface area (Å²) in [6, 6.07) is 7.07. The number of benzene rings is 1. The normalized spacial score (nSPS) is 12.6. The van der Waals surface area contributed by atoms with Crippen LogP contribution in [0.3, 0.4) is 0 Å². The number of alkyl halides is 1. The third-order valence-corrected chi connectivity index (χ3v) is 1.98. The van der Waals surface area contributed by atoms with Crippen molar-refractivity contribution in [3.05, 3.63) is 29.8 Å². The summed E-state index contributed by atoms with van der Waals surface area (Å²) in [5, 5.41) is 0. The Labute approximate surface area is 78.2 Å². The van der Waals surface area contributed by atoms with Crippen molar-refractivity contribution in [2.45, 2.75) is 6.04 Å². The van der Waals surface area contributed by atoms with E-state index in [1.807, 2.05) is 43.3 Å². The second-order valence-electron chi connectivity index (χ2n) is 3.21. The zero-order valence-electron chi connectivity index (χ0n) is 8.00. The largest absolute Gasteiger partial charge is 0.377 e. The summed E-state index contributed by atoms with van der Waals surface area (Å²) in [6.45, 7) is -0.523. The summed E-state index contributed by atoms with van der Waals surface area (Å²) in [4.78, 5) is 1.94. The predicted molar refractivity (Wildman–Crippen MR) is 53.7 cm³/mol. The van der Waals surface area contributed by atoms with Gasteiger partial charge in [-0.1, -0.05) is 18.2 Å². The molecule has 13 heavy (non-hydrogen) atoms. The van der Waals surface area contributed by atoms with Gasteiger partial charge in [-0.15, -0.1) is 0 Å². The number of nitrogens with zero attached hydrogens (tertiary/aromatic N) is 1. The standard InChI is InChI=1S/C10H15FN2/c1-13(2)10-6-4-3-5-8(10)9(12)7-11/h3-6,9H,7,12H2,1-2H3. The highest BCUT2D eigenvalue weighted by Gasteiger charge is 2.10. The lowest BCUT2D eigenvalue weighted by molar-refractivity contribution is 0.437. The van der Waals surface area contributed by atoms with Crippen molar-refractivity contribution < 1.29 is 4.39 Å². The van der Waals surface area contributed by atoms with Crippen LogP contribution in [0.25, 0.3) is 0 Å². The predicted octanol–water partition coefficient (Wildman–Crippen LogP) is 1.72. The van der Waals surface area contributed by atoms with Gasteiger partial charge in [-0.25, -0.2) is 4.39 Å². The van der Waals surface area contributed by atoms with Gasteiger partial charge in [-0.05, 0) is 11.6 Å². The number of nitrogens with two attached hydrogens (primary N) is 1. The highest BCUT2D eigenvalue weighted by atomic mass is 19.1. The number of hydrogen-bond acceptors (Lipinski definition) is 2. The van der Waals surface area contributed by atoms with Crippen LogP contribution in [0, 0.1) is 0 Å². The second-order valence-corrected chi connectivity index (χ2v) is 3.21. The maximum atomic E-state index is 12.4. The van der Waals surface area contributed by atoms with Gasteiger partial charge >= 0.3 is 0 Å². The van der Waals surface area contributed by atoms with Crippen LogP contribution < -0.4 is 10.6 Å². The lowest BCUT2D eigenvalue weighted by atomic mass is 10.1. The average molecular weight is 182 g/mol. The fourth-order valence-electron chi connectivity index (χ4n) is 1.29. The van der Waals surface area contributed by atoms with Gasteiger partial charge in [0.2, 0.25) is 0 Å². The Hall–Kier alpha value is -1.09. The maximum Gasteiger partial charge on any atom is 0.109 e. The van der Waals surface area contributed by atoms with Crippen LogP contribution >= 0.6 is 0 Å². The molecule has 0 spiro atoms. The molecular formula is C10H15FN2. The summed E-state index contributed by atoms with van der Waals surface area (Å²) >= 11 is 0. The van der Waals surface area contributed by atoms with Crippen molar-refractivity contribution >= 4 is 5.69 Å². The van der Waals surface area contributed by atoms with Crippen molar-refractivity contribution in [3.8, 4) is 0 Å². The molecule has 0 bridgehead atoms. The Bertz CT molecular complexity index is 273. The monoisotopic (exact) mass is 182 g/mol. The van der Waals surface area contributed by atoms with E-state index in [2.05, 4.69) is 0 Å². The van der Waals surface area contributed by atoms with Crippen LogP contribution in [0.15, 0.2) is 24.3 Å². The number of hydrogen-bond donors (Lipinski definition) is 1. The Morgan fingerprint density at radius 1 is 1.38 bits per heavy atom. The van der Waals surface area contributed by atoms with Crippen LogP contribution in [0.2, 0.25) is 0 Å². The lowest BCUT2D eigenvalue weighted by Crippen LogP contribution is -2.18. The van der Waals surface area contributed by atoms with Crippen LogP contribution in [0.4, 0.5) is 10.1 Å². The molecule has 0 fully saturated rings. The SMILES string of the molecule is CN(C)c1ccccc1C(N)CF. The average Bonchev–Trinajstić information content (AvgIpc) is 2.16. The molecule has 72 valence electrons. The van der Waals surface area contributed by atoms with E-state index >= 15 is 0 Å². The van der Waals surface area contributed by atoms with Crippen LogP contribution in [0.1, 0.15) is 11.6 Å². The Balaban J connectivity index is 3.04. The molecule has 0 saturated heterocycles. The molecular weight excluding hydrogens is 167 g/mol. The lowest BCUT2D eigenvalue weighted by Gasteiger charge is -2.19. The number of para-hydroxylation sites is 1. The highest BCUT2D eigenvalue weighted by Crippen LogP contribution is 2.23. The first kappa shape index (κ1) is 9.99. The summed E-state index contributed by atoms with van der Waals surface area (Å²) in [7, 11) is 3.84. The van der Waals surface area contributed by atoms with E-state index in [9.17, 15) is 4.39 Å². The molecule has 1 aromatic rings. The number of anilines is 1. The molecule has 0 amide bonds. The van der Waals surface area contributed by atoms with E-state index in [-0.39, 0.29) is 0 Å². The molecule has 0 aromatic heterocycles. The van der Waals surface area contributed by atoms with Crippen LogP contribution in [0.5, 0.6) is 0 Å². The van der Waals surface area contributed by atoms with Gasteiger partial charge in [0.15, 0.2) is 0 Å². The number of rotatable bonds is 3. The second kappa shape index (κ2) is 4.23. The zero-order chi connectivity index (χ0) is 9.84. The fraction of sp³-hybridized carbons (Fsp3) is 0.400. The molecule has 0 saturated carbocycles. The first-order chi connectivity index (χ1) is 6.16. The summed E-state index contributed by atoms with van der Waals surface area (Å²) in [6.07, 6.45) is 0. The molecule has 0 aliphatic rings. The topological polar surface area (TPSA) is 29.3 Å². The van der Waals surface area contributed by atoms with Crippen molar-refractivity contribution in [2.75, 3.05) is 25.7 Å². The van der Waals surface area contributed by atoms with Crippen LogP contribution in [-0.4, -0.2) is 20.8 Å². The van der Waals surface area contributed by atoms with Gasteiger partial charge in [-0.2, -0.15) is 0 Å². The minimum atomic E-state index is -0.523. The first-order valence-corrected chi connectivity index (χ1v) is 4.24. The minimum absolute atomic E-state index is 0.515. The van der Waals surface area contributed by atoms with E-state index in [1.54, 1.807) is 0 Å². The minimum Gasteiger partial charge on any atom is -0.377 e. The molecule has 0 radical (unpaired) electrons. The van der Waals surface area contributed by atoms with Gasteiger partial charge in [0.1, 0.15) is 6.67 Å². The summed E-state index contributed by atoms with van der Waals surface area (Å²) in [5.74, 6) is 0. The molecule has 0 aliphatic carbocycles. The molecule has 1 rings (SSSR count). The fourth-order valence-corrected chi connectivity index (χ4v) is 1.29. The van der Waals surface area contributed by atoms with E-state index < -0.39 is 12.7 Å². The highest BCUT2D eigenvalue weighted by molar-refractivity contribution is 5.53. The van der Waals surface area contributed by atoms with E-state index in [4.69, 9.17) is 5.73 Å². The van der Waals surface area contributed by atoms with Gasteiger partial charge < -0.3 is 10.6 Å². The molecule has 1 atom stereocenters. The Kier molecular flexibility index (Phi) is 3.25. The molecule has 2 N–H and O–H groups in total. The molecule has 1 unspecified atom stereocenters. The van der Waals surface area contributed by atoms with E-state index in [1.165, 1.54) is 0 Å². The molecule has 0 aliphatic heterocycles. The molecule has 3 heteroatoms. The number of halogens is 1. The van der Waals surface area contributed by atoms with Crippen molar-refractivity contribution in [2.24, 2.45) is 5.73 Å². The third-order valence-electron chi connectivity index (χ3n) is 1.98. The smallest absolute Gasteiger partial charge is 0.109 e. The van der Waals surface area contributed by atoms with Crippen LogP contribution in [-0.2, 0) is 0 Å². The van der Waals surface area contributed by atoms with Gasteiger partial charge in [0, 0.05) is 19.8 Å². The van der Waals surface area contributed by atoms with Crippen molar-refractivity contribution in [1.82, 2.24) is 0 Å². The molecule has 2 nitrogen and oxygen atoms in total. The van der Waals surface area contributed by atoms with Crippen molar-refractivity contribution in [3.63, 3.8) is 0 Å². The maximum absolute atomic E-state index is 12.4. The first-order valence-electron chi connectivity index (χ1n) is 4.24. The van der Waals surface area contributed by atoms with Crippen molar-refractivity contribution in [1.29, 1.82) is 0 Å². The molecule has 1 aromatic carbocycles. The third kappa shape index (κ3) is 2.18. The Morgan fingerprint density at radius 2 is 2.00 bits per heavy atom. The van der Waals surface area contributed by atoms with Gasteiger partial charge in [0.25, 0.3) is 0 Å². The quantitative estimate of drug-likeness (QED) is 0.771. The van der Waals surface area contributed by atoms with Gasteiger partial charge in [-0.3, -0.25) is 0 Å². The molecule has 0 heterocycles. The van der Waals surface area contributed by atoms with Gasteiger partial charge in [0.05, 0.1) is 6.04 Å². The summed E-state index contributed by atoms with van der Waals surface area (Å²) < 4.78 is 12.4. The van der Waals surface area contributed by atoms with E-state index in [0.29, 0.717) is 0 Å². The summed E-state index contributed by atoms with van der Waals surface area (Å²) in [5.41, 5.74) is 7.47. The Morgan fingerprint density at radius 3 is 2.54 bits per heavy atom.